The highest BCUT2D eigenvalue weighted by atomic mass is 32.1. The first kappa shape index (κ1) is 9.22. The maximum atomic E-state index is 5.34. The number of aromatic amines is 1. The first-order valence-electron chi connectivity index (χ1n) is 3.77. The summed E-state index contributed by atoms with van der Waals surface area (Å²) in [5, 5.41) is 0.527. The highest BCUT2D eigenvalue weighted by Crippen LogP contribution is 2.13. The van der Waals surface area contributed by atoms with E-state index >= 15 is 0 Å². The van der Waals surface area contributed by atoms with Crippen molar-refractivity contribution in [2.45, 2.75) is 6.61 Å². The molecule has 0 spiro atoms. The van der Waals surface area contributed by atoms with Gasteiger partial charge >= 0.3 is 0 Å². The second-order valence-corrected chi connectivity index (χ2v) is 3.57. The molecule has 0 atom stereocenters. The van der Waals surface area contributed by atoms with Crippen LogP contribution in [0.3, 0.4) is 0 Å². The van der Waals surface area contributed by atoms with Crippen LogP contribution in [0.15, 0.2) is 18.7 Å². The van der Waals surface area contributed by atoms with E-state index in [1.165, 1.54) is 17.9 Å². The maximum Gasteiger partial charge on any atom is 0.292 e. The molecule has 0 saturated carbocycles. The smallest absolute Gasteiger partial charge is 0.292 e. The molecule has 0 unspecified atom stereocenters. The van der Waals surface area contributed by atoms with E-state index < -0.39 is 0 Å². The van der Waals surface area contributed by atoms with Crippen molar-refractivity contribution in [2.24, 2.45) is 0 Å². The molecule has 2 rings (SSSR count). The number of nitrogens with one attached hydrogen (secondary N) is 1. The molecule has 0 aliphatic carbocycles. The zero-order valence-corrected chi connectivity index (χ0v) is 8.64. The van der Waals surface area contributed by atoms with Gasteiger partial charge in [0.1, 0.15) is 12.9 Å². The summed E-state index contributed by atoms with van der Waals surface area (Å²) in [5.74, 6) is 0. The standard InChI is InChI=1S/C7H6N4OS2/c13-6-10-7(14-11-6)12-3-5-1-8-4-9-2-5/h1-2,4H,3H2,(H,11,13). The second kappa shape index (κ2) is 4.25. The zero-order valence-electron chi connectivity index (χ0n) is 7.01. The Morgan fingerprint density at radius 3 is 2.86 bits per heavy atom. The van der Waals surface area contributed by atoms with E-state index in [2.05, 4.69) is 19.3 Å². The van der Waals surface area contributed by atoms with Crippen LogP contribution < -0.4 is 4.74 Å². The summed E-state index contributed by atoms with van der Waals surface area (Å²) in [6.45, 7) is 0.400. The minimum Gasteiger partial charge on any atom is -0.464 e. The first-order chi connectivity index (χ1) is 6.84. The Hall–Kier alpha value is -1.34. The van der Waals surface area contributed by atoms with Crippen molar-refractivity contribution < 1.29 is 4.74 Å². The Balaban J connectivity index is 1.98. The lowest BCUT2D eigenvalue weighted by atomic mass is 10.4. The van der Waals surface area contributed by atoms with Gasteiger partial charge in [0.05, 0.1) is 0 Å². The third kappa shape index (κ3) is 2.33. The summed E-state index contributed by atoms with van der Waals surface area (Å²) in [7, 11) is 0. The van der Waals surface area contributed by atoms with Crippen molar-refractivity contribution in [1.82, 2.24) is 19.3 Å². The van der Waals surface area contributed by atoms with Gasteiger partial charge < -0.3 is 4.74 Å². The predicted molar refractivity (Wildman–Crippen MR) is 53.7 cm³/mol. The molecule has 0 aromatic carbocycles. The van der Waals surface area contributed by atoms with E-state index in [0.717, 1.165) is 5.56 Å². The van der Waals surface area contributed by atoms with Crippen LogP contribution in [0.1, 0.15) is 5.56 Å². The van der Waals surface area contributed by atoms with E-state index in [-0.39, 0.29) is 0 Å². The van der Waals surface area contributed by atoms with Gasteiger partial charge in [0.25, 0.3) is 5.19 Å². The molecule has 0 aliphatic heterocycles. The number of aromatic nitrogens is 4. The molecule has 5 nitrogen and oxygen atoms in total. The third-order valence-corrected chi connectivity index (χ3v) is 2.40. The van der Waals surface area contributed by atoms with Crippen LogP contribution in [0.4, 0.5) is 0 Å². The molecule has 0 radical (unpaired) electrons. The normalized spacial score (nSPS) is 10.0. The van der Waals surface area contributed by atoms with E-state index in [4.69, 9.17) is 17.0 Å². The topological polar surface area (TPSA) is 63.7 Å². The molecule has 2 aromatic heterocycles. The van der Waals surface area contributed by atoms with E-state index in [0.29, 0.717) is 16.6 Å². The molecule has 0 saturated heterocycles. The molecule has 7 heteroatoms. The molecule has 14 heavy (non-hydrogen) atoms. The fraction of sp³-hybridized carbons (Fsp3) is 0.143. The van der Waals surface area contributed by atoms with Crippen LogP contribution >= 0.6 is 23.8 Å². The van der Waals surface area contributed by atoms with Crippen molar-refractivity contribution in [1.29, 1.82) is 0 Å². The lowest BCUT2D eigenvalue weighted by Crippen LogP contribution is -1.95. The molecular weight excluding hydrogens is 220 g/mol. The average Bonchev–Trinajstić information content (AvgIpc) is 2.63. The van der Waals surface area contributed by atoms with Gasteiger partial charge in [-0.15, -0.1) is 0 Å². The molecule has 0 aliphatic rings. The molecule has 0 amide bonds. The predicted octanol–water partition coefficient (Wildman–Crippen LogP) is 1.57. The highest BCUT2D eigenvalue weighted by Gasteiger charge is 1.99. The van der Waals surface area contributed by atoms with Crippen molar-refractivity contribution in [2.75, 3.05) is 0 Å². The number of hydrogen-bond donors (Lipinski definition) is 1. The summed E-state index contributed by atoms with van der Waals surface area (Å²) < 4.78 is 8.58. The minimum absolute atomic E-state index is 0.400. The number of H-pyrrole nitrogens is 1. The molecule has 72 valence electrons. The monoisotopic (exact) mass is 226 g/mol. The van der Waals surface area contributed by atoms with Gasteiger partial charge in [0.2, 0.25) is 4.77 Å². The van der Waals surface area contributed by atoms with Gasteiger partial charge in [-0.1, -0.05) is 0 Å². The molecule has 1 N–H and O–H groups in total. The molecule has 2 heterocycles. The van der Waals surface area contributed by atoms with Gasteiger partial charge in [-0.2, -0.15) is 4.98 Å². The average molecular weight is 226 g/mol. The Kier molecular flexibility index (Phi) is 2.80. The van der Waals surface area contributed by atoms with Crippen molar-refractivity contribution in [3.05, 3.63) is 29.1 Å². The Labute approximate surface area is 89.0 Å². The second-order valence-electron chi connectivity index (χ2n) is 2.42. The van der Waals surface area contributed by atoms with Crippen LogP contribution in [-0.4, -0.2) is 19.3 Å². The summed E-state index contributed by atoms with van der Waals surface area (Å²) >= 11 is 6.07. The van der Waals surface area contributed by atoms with Gasteiger partial charge in [0.15, 0.2) is 0 Å². The van der Waals surface area contributed by atoms with Gasteiger partial charge in [-0.3, -0.25) is 4.37 Å². The summed E-state index contributed by atoms with van der Waals surface area (Å²) in [6.07, 6.45) is 4.86. The van der Waals surface area contributed by atoms with E-state index in [1.54, 1.807) is 12.4 Å². The van der Waals surface area contributed by atoms with Crippen molar-refractivity contribution in [3.8, 4) is 5.19 Å². The largest absolute Gasteiger partial charge is 0.464 e. The Morgan fingerprint density at radius 2 is 2.21 bits per heavy atom. The number of hydrogen-bond acceptors (Lipinski definition) is 6. The van der Waals surface area contributed by atoms with Crippen molar-refractivity contribution in [3.63, 3.8) is 0 Å². The fourth-order valence-electron chi connectivity index (χ4n) is 0.827. The quantitative estimate of drug-likeness (QED) is 0.805. The lowest BCUT2D eigenvalue weighted by molar-refractivity contribution is 0.303. The van der Waals surface area contributed by atoms with Crippen molar-refractivity contribution >= 4 is 23.8 Å². The number of rotatable bonds is 3. The SMILES string of the molecule is S=c1nc(OCc2cncnc2)s[nH]1. The maximum absolute atomic E-state index is 5.34. The van der Waals surface area contributed by atoms with Crippen LogP contribution in [0.5, 0.6) is 5.19 Å². The molecule has 0 fully saturated rings. The number of ether oxygens (including phenoxy) is 1. The van der Waals surface area contributed by atoms with Gasteiger partial charge in [0, 0.05) is 18.0 Å². The lowest BCUT2D eigenvalue weighted by Gasteiger charge is -1.99. The van der Waals surface area contributed by atoms with Crippen LogP contribution in [0, 0.1) is 4.77 Å². The molecule has 0 bridgehead atoms. The van der Waals surface area contributed by atoms with Crippen LogP contribution in [-0.2, 0) is 6.61 Å². The summed E-state index contributed by atoms with van der Waals surface area (Å²) in [5.41, 5.74) is 0.897. The summed E-state index contributed by atoms with van der Waals surface area (Å²) in [6, 6.07) is 0. The summed E-state index contributed by atoms with van der Waals surface area (Å²) in [4.78, 5) is 11.7. The van der Waals surface area contributed by atoms with Gasteiger partial charge in [-0.25, -0.2) is 9.97 Å². The van der Waals surface area contributed by atoms with E-state index in [9.17, 15) is 0 Å². The van der Waals surface area contributed by atoms with Crippen LogP contribution in [0.2, 0.25) is 0 Å². The first-order valence-corrected chi connectivity index (χ1v) is 4.99. The fourth-order valence-corrected chi connectivity index (χ4v) is 1.57. The third-order valence-electron chi connectivity index (χ3n) is 1.39. The van der Waals surface area contributed by atoms with E-state index in [1.807, 2.05) is 0 Å². The molecular formula is C7H6N4OS2. The Bertz CT molecular complexity index is 452. The minimum atomic E-state index is 0.400. The highest BCUT2D eigenvalue weighted by molar-refractivity contribution is 7.71. The zero-order chi connectivity index (χ0) is 9.80. The number of nitrogens with zero attached hydrogens (tertiary/aromatic N) is 3. The Morgan fingerprint density at radius 1 is 1.43 bits per heavy atom. The molecule has 2 aromatic rings. The van der Waals surface area contributed by atoms with Gasteiger partial charge in [-0.05, 0) is 23.8 Å². The van der Waals surface area contributed by atoms with Crippen LogP contribution in [0.25, 0.3) is 0 Å².